The van der Waals surface area contributed by atoms with Crippen LogP contribution in [0.4, 0.5) is 0 Å². The molecule has 3 N–H and O–H groups in total. The van der Waals surface area contributed by atoms with Gasteiger partial charge in [-0.1, -0.05) is 6.07 Å². The third kappa shape index (κ3) is 2.38. The molecule has 0 atom stereocenters. The zero-order valence-corrected chi connectivity index (χ0v) is 9.33. The molecule has 0 aliphatic heterocycles. The number of nitrogen functional groups attached to an aromatic ring is 1. The Hall–Kier alpha value is -1.88. The minimum absolute atomic E-state index is 0.0106. The lowest BCUT2D eigenvalue weighted by Gasteiger charge is -2.08. The highest BCUT2D eigenvalue weighted by molar-refractivity contribution is 7.09. The van der Waals surface area contributed by atoms with E-state index in [9.17, 15) is 0 Å². The smallest absolute Gasteiger partial charge is 0.149 e. The maximum Gasteiger partial charge on any atom is 0.149 e. The summed E-state index contributed by atoms with van der Waals surface area (Å²) < 4.78 is 5.57. The number of nitrogens with one attached hydrogen (secondary N) is 1. The van der Waals surface area contributed by atoms with Gasteiger partial charge in [0, 0.05) is 11.1 Å². The first-order chi connectivity index (χ1) is 7.77. The Kier molecular flexibility index (Phi) is 3.16. The molecule has 0 saturated carbocycles. The molecule has 2 aromatic rings. The van der Waals surface area contributed by atoms with E-state index in [0.29, 0.717) is 17.9 Å². The van der Waals surface area contributed by atoms with Crippen molar-refractivity contribution in [2.75, 3.05) is 0 Å². The molecule has 82 valence electrons. The van der Waals surface area contributed by atoms with Crippen LogP contribution in [-0.4, -0.2) is 10.8 Å². The highest BCUT2D eigenvalue weighted by Crippen LogP contribution is 2.18. The second-order valence-corrected chi connectivity index (χ2v) is 4.19. The number of aromatic nitrogens is 1. The second-order valence-electron chi connectivity index (χ2n) is 3.15. The van der Waals surface area contributed by atoms with Crippen LogP contribution in [-0.2, 0) is 6.61 Å². The molecule has 2 rings (SSSR count). The maximum absolute atomic E-state index is 7.40. The quantitative estimate of drug-likeness (QED) is 0.626. The summed E-state index contributed by atoms with van der Waals surface area (Å²) in [5.74, 6) is 0.534. The Labute approximate surface area is 97.2 Å². The number of rotatable bonds is 4. The summed E-state index contributed by atoms with van der Waals surface area (Å²) in [7, 11) is 0. The van der Waals surface area contributed by atoms with Crippen molar-refractivity contribution in [2.24, 2.45) is 5.73 Å². The Morgan fingerprint density at radius 3 is 3.06 bits per heavy atom. The Morgan fingerprint density at radius 1 is 1.50 bits per heavy atom. The molecule has 16 heavy (non-hydrogen) atoms. The van der Waals surface area contributed by atoms with Crippen molar-refractivity contribution in [3.8, 4) is 5.75 Å². The minimum atomic E-state index is -0.0106. The summed E-state index contributed by atoms with van der Waals surface area (Å²) in [5, 5.41) is 9.40. The highest BCUT2D eigenvalue weighted by Gasteiger charge is 2.06. The van der Waals surface area contributed by atoms with Gasteiger partial charge < -0.3 is 10.5 Å². The van der Waals surface area contributed by atoms with Crippen molar-refractivity contribution >= 4 is 17.2 Å². The van der Waals surface area contributed by atoms with Crippen LogP contribution >= 0.6 is 11.3 Å². The van der Waals surface area contributed by atoms with Gasteiger partial charge in [-0.05, 0) is 17.5 Å². The zero-order chi connectivity index (χ0) is 11.4. The molecule has 2 aromatic heterocycles. The van der Waals surface area contributed by atoms with Gasteiger partial charge in [0.15, 0.2) is 0 Å². The first-order valence-corrected chi connectivity index (χ1v) is 5.59. The summed E-state index contributed by atoms with van der Waals surface area (Å²) in [6, 6.07) is 5.64. The van der Waals surface area contributed by atoms with Crippen molar-refractivity contribution in [3.63, 3.8) is 0 Å². The highest BCUT2D eigenvalue weighted by atomic mass is 32.1. The fraction of sp³-hybridized carbons (Fsp3) is 0.0909. The zero-order valence-electron chi connectivity index (χ0n) is 8.51. The topological polar surface area (TPSA) is 72.0 Å². The van der Waals surface area contributed by atoms with Gasteiger partial charge in [-0.15, -0.1) is 11.3 Å². The van der Waals surface area contributed by atoms with Gasteiger partial charge in [-0.2, -0.15) is 0 Å². The number of amidine groups is 1. The van der Waals surface area contributed by atoms with Crippen LogP contribution in [0.2, 0.25) is 0 Å². The summed E-state index contributed by atoms with van der Waals surface area (Å²) in [6.45, 7) is 0.476. The molecule has 0 aliphatic rings. The van der Waals surface area contributed by atoms with Crippen LogP contribution in [0.1, 0.15) is 10.4 Å². The Balaban J connectivity index is 2.12. The van der Waals surface area contributed by atoms with Crippen molar-refractivity contribution in [1.82, 2.24) is 4.98 Å². The van der Waals surface area contributed by atoms with Crippen LogP contribution < -0.4 is 10.5 Å². The molecule has 2 heterocycles. The van der Waals surface area contributed by atoms with Crippen molar-refractivity contribution < 1.29 is 4.74 Å². The molecule has 0 saturated heterocycles. The van der Waals surface area contributed by atoms with E-state index in [1.165, 1.54) is 0 Å². The number of thiophene rings is 1. The number of hydrogen-bond acceptors (Lipinski definition) is 4. The third-order valence-electron chi connectivity index (χ3n) is 2.02. The van der Waals surface area contributed by atoms with Gasteiger partial charge in [0.2, 0.25) is 0 Å². The second kappa shape index (κ2) is 4.76. The average molecular weight is 233 g/mol. The molecule has 5 heteroatoms. The summed E-state index contributed by atoms with van der Waals surface area (Å²) in [5.41, 5.74) is 6.02. The van der Waals surface area contributed by atoms with Crippen molar-refractivity contribution in [3.05, 3.63) is 46.4 Å². The van der Waals surface area contributed by atoms with Crippen LogP contribution in [0.3, 0.4) is 0 Å². The first-order valence-electron chi connectivity index (χ1n) is 4.71. The van der Waals surface area contributed by atoms with Gasteiger partial charge >= 0.3 is 0 Å². The predicted octanol–water partition coefficient (Wildman–Crippen LogP) is 2.01. The predicted molar refractivity (Wildman–Crippen MR) is 63.9 cm³/mol. The molecule has 4 nitrogen and oxygen atoms in total. The van der Waals surface area contributed by atoms with E-state index in [-0.39, 0.29) is 5.84 Å². The van der Waals surface area contributed by atoms with E-state index in [4.69, 9.17) is 15.9 Å². The average Bonchev–Trinajstić information content (AvgIpc) is 2.79. The molecule has 0 amide bonds. The van der Waals surface area contributed by atoms with Gasteiger partial charge in [-0.3, -0.25) is 10.4 Å². The largest absolute Gasteiger partial charge is 0.486 e. The van der Waals surface area contributed by atoms with Crippen LogP contribution in [0.5, 0.6) is 5.75 Å². The maximum atomic E-state index is 7.40. The normalized spacial score (nSPS) is 10.0. The van der Waals surface area contributed by atoms with Gasteiger partial charge in [-0.25, -0.2) is 0 Å². The van der Waals surface area contributed by atoms with E-state index < -0.39 is 0 Å². The monoisotopic (exact) mass is 233 g/mol. The fourth-order valence-corrected chi connectivity index (χ4v) is 1.88. The molecule has 0 bridgehead atoms. The number of ether oxygens (including phenoxy) is 1. The van der Waals surface area contributed by atoms with Gasteiger partial charge in [0.1, 0.15) is 18.2 Å². The molecule has 0 unspecified atom stereocenters. The number of nitrogens with zero attached hydrogens (tertiary/aromatic N) is 1. The first kappa shape index (κ1) is 10.6. The minimum Gasteiger partial charge on any atom is -0.486 e. The third-order valence-corrected chi connectivity index (χ3v) is 2.87. The summed E-state index contributed by atoms with van der Waals surface area (Å²) >= 11 is 1.63. The van der Waals surface area contributed by atoms with E-state index in [1.54, 1.807) is 29.8 Å². The van der Waals surface area contributed by atoms with E-state index >= 15 is 0 Å². The lowest BCUT2D eigenvalue weighted by atomic mass is 10.2. The van der Waals surface area contributed by atoms with E-state index in [2.05, 4.69) is 4.98 Å². The van der Waals surface area contributed by atoms with E-state index in [1.807, 2.05) is 17.5 Å². The van der Waals surface area contributed by atoms with Gasteiger partial charge in [0.25, 0.3) is 0 Å². The fourth-order valence-electron chi connectivity index (χ4n) is 1.26. The molecule has 0 aromatic carbocycles. The molecule has 0 fully saturated rings. The molecule has 0 aliphatic carbocycles. The summed E-state index contributed by atoms with van der Waals surface area (Å²) in [4.78, 5) is 5.08. The lowest BCUT2D eigenvalue weighted by molar-refractivity contribution is 0.308. The number of pyridine rings is 1. The lowest BCUT2D eigenvalue weighted by Crippen LogP contribution is -2.13. The van der Waals surface area contributed by atoms with Crippen molar-refractivity contribution in [2.45, 2.75) is 6.61 Å². The standard InChI is InChI=1S/C11H11N3OS/c12-11(13)9-3-4-14-6-10(9)15-7-8-2-1-5-16-8/h1-6H,7H2,(H3,12,13). The van der Waals surface area contributed by atoms with Crippen LogP contribution in [0, 0.1) is 5.41 Å². The molecular weight excluding hydrogens is 222 g/mol. The Morgan fingerprint density at radius 2 is 2.38 bits per heavy atom. The van der Waals surface area contributed by atoms with E-state index in [0.717, 1.165) is 4.88 Å². The molecule has 0 radical (unpaired) electrons. The SMILES string of the molecule is N=C(N)c1ccncc1OCc1cccs1. The van der Waals surface area contributed by atoms with Gasteiger partial charge in [0.05, 0.1) is 11.8 Å². The number of nitrogens with two attached hydrogens (primary N) is 1. The number of hydrogen-bond donors (Lipinski definition) is 2. The molecular formula is C11H11N3OS. The molecule has 0 spiro atoms. The summed E-state index contributed by atoms with van der Waals surface area (Å²) in [6.07, 6.45) is 3.17. The van der Waals surface area contributed by atoms with Crippen molar-refractivity contribution in [1.29, 1.82) is 5.41 Å². The van der Waals surface area contributed by atoms with Crippen LogP contribution in [0.25, 0.3) is 0 Å². The Bertz CT molecular complexity index is 482. The van der Waals surface area contributed by atoms with Crippen LogP contribution in [0.15, 0.2) is 36.0 Å².